The molecule has 244 valence electrons. The van der Waals surface area contributed by atoms with Crippen molar-refractivity contribution >= 4 is 23.6 Å². The van der Waals surface area contributed by atoms with Crippen LogP contribution in [0.25, 0.3) is 0 Å². The molecule has 2 aliphatic heterocycles. The van der Waals surface area contributed by atoms with Gasteiger partial charge in [0.1, 0.15) is 36.5 Å². The van der Waals surface area contributed by atoms with E-state index >= 15 is 0 Å². The zero-order chi connectivity index (χ0) is 31.9. The van der Waals surface area contributed by atoms with Gasteiger partial charge in [-0.2, -0.15) is 0 Å². The number of amides is 4. The van der Waals surface area contributed by atoms with E-state index in [0.717, 1.165) is 5.57 Å². The van der Waals surface area contributed by atoms with E-state index in [1.807, 2.05) is 0 Å². The number of hydrogen-bond donors (Lipinski definition) is 9. The Bertz CT molecular complexity index is 1000. The van der Waals surface area contributed by atoms with Crippen LogP contribution in [0.5, 0.6) is 0 Å². The van der Waals surface area contributed by atoms with Gasteiger partial charge in [0.15, 0.2) is 6.29 Å². The van der Waals surface area contributed by atoms with Crippen LogP contribution in [0.2, 0.25) is 0 Å². The number of hydrogen-bond acceptors (Lipinski definition) is 11. The van der Waals surface area contributed by atoms with Gasteiger partial charge in [0.2, 0.25) is 23.6 Å². The van der Waals surface area contributed by atoms with Crippen molar-refractivity contribution in [2.75, 3.05) is 32.9 Å². The van der Waals surface area contributed by atoms with Crippen molar-refractivity contribution in [3.63, 3.8) is 0 Å². The van der Waals surface area contributed by atoms with Gasteiger partial charge in [-0.1, -0.05) is 11.1 Å². The van der Waals surface area contributed by atoms with Gasteiger partial charge in [-0.3, -0.25) is 19.2 Å². The van der Waals surface area contributed by atoms with Crippen LogP contribution >= 0.6 is 0 Å². The predicted octanol–water partition coefficient (Wildman–Crippen LogP) is -2.76. The summed E-state index contributed by atoms with van der Waals surface area (Å²) in [6.45, 7) is 3.53. The quantitative estimate of drug-likeness (QED) is 0.0601. The number of rotatable bonds is 17. The van der Waals surface area contributed by atoms with Crippen LogP contribution in [0.4, 0.5) is 0 Å². The third-order valence-electron chi connectivity index (χ3n) is 7.09. The monoisotopic (exact) mass is 614 g/mol. The van der Waals surface area contributed by atoms with Crippen LogP contribution in [0, 0.1) is 0 Å². The first-order valence-corrected chi connectivity index (χ1v) is 14.5. The summed E-state index contributed by atoms with van der Waals surface area (Å²) in [6.07, 6.45) is -1.67. The summed E-state index contributed by atoms with van der Waals surface area (Å²) in [5, 5.41) is 58.6. The maximum absolute atomic E-state index is 12.5. The second kappa shape index (κ2) is 18.7. The Morgan fingerprint density at radius 2 is 1.35 bits per heavy atom. The molecule has 43 heavy (non-hydrogen) atoms. The minimum atomic E-state index is -1.53. The molecule has 15 nitrogen and oxygen atoms in total. The fourth-order valence-corrected chi connectivity index (χ4v) is 4.53. The van der Waals surface area contributed by atoms with Crippen molar-refractivity contribution < 1.29 is 54.2 Å². The molecular formula is C28H46N4O11. The summed E-state index contributed by atoms with van der Waals surface area (Å²) in [7, 11) is 0. The number of ether oxygens (including phenoxy) is 2. The summed E-state index contributed by atoms with van der Waals surface area (Å²) < 4.78 is 10.7. The van der Waals surface area contributed by atoms with Crippen LogP contribution in [0.1, 0.15) is 52.4 Å². The molecule has 0 aromatic heterocycles. The summed E-state index contributed by atoms with van der Waals surface area (Å²) in [6, 6.07) is -1.40. The van der Waals surface area contributed by atoms with Gasteiger partial charge >= 0.3 is 0 Å². The molecule has 9 N–H and O–H groups in total. The number of carbonyl (C=O) groups excluding carboxylic acids is 4. The van der Waals surface area contributed by atoms with E-state index in [1.165, 1.54) is 12.2 Å². The molecule has 2 rings (SSSR count). The zero-order valence-corrected chi connectivity index (χ0v) is 24.7. The molecule has 0 saturated carbocycles. The maximum Gasteiger partial charge on any atom is 0.243 e. The van der Waals surface area contributed by atoms with Crippen molar-refractivity contribution in [2.24, 2.45) is 0 Å². The molecule has 0 bridgehead atoms. The molecule has 2 saturated heterocycles. The number of nitrogens with one attached hydrogen (secondary N) is 4. The molecule has 7 atom stereocenters. The van der Waals surface area contributed by atoms with E-state index in [-0.39, 0.29) is 43.4 Å². The Balaban J connectivity index is 1.62. The topological polar surface area (TPSA) is 236 Å². The lowest BCUT2D eigenvalue weighted by molar-refractivity contribution is -0.300. The van der Waals surface area contributed by atoms with Crippen LogP contribution in [-0.2, 0) is 28.7 Å². The van der Waals surface area contributed by atoms with Gasteiger partial charge < -0.3 is 56.3 Å². The first-order chi connectivity index (χ1) is 20.5. The van der Waals surface area contributed by atoms with Gasteiger partial charge in [0.25, 0.3) is 0 Å². The normalized spacial score (nSPS) is 28.2. The Hall–Kier alpha value is -2.92. The zero-order valence-electron chi connectivity index (χ0n) is 24.7. The first-order valence-electron chi connectivity index (χ1n) is 14.5. The number of aliphatic hydroxyl groups is 5. The predicted molar refractivity (Wildman–Crippen MR) is 152 cm³/mol. The van der Waals surface area contributed by atoms with Gasteiger partial charge in [0.05, 0.1) is 13.2 Å². The summed E-state index contributed by atoms with van der Waals surface area (Å²) in [4.78, 5) is 48.9. The lowest BCUT2D eigenvalue weighted by Crippen LogP contribution is -2.61. The molecule has 2 heterocycles. The highest BCUT2D eigenvalue weighted by Gasteiger charge is 2.44. The average Bonchev–Trinajstić information content (AvgIpc) is 2.95. The van der Waals surface area contributed by atoms with E-state index in [2.05, 4.69) is 21.3 Å². The van der Waals surface area contributed by atoms with Crippen molar-refractivity contribution in [2.45, 2.75) is 95.2 Å². The van der Waals surface area contributed by atoms with E-state index in [9.17, 15) is 39.6 Å². The lowest BCUT2D eigenvalue weighted by Gasteiger charge is -2.39. The third kappa shape index (κ3) is 12.3. The van der Waals surface area contributed by atoms with Crippen LogP contribution < -0.4 is 21.3 Å². The van der Waals surface area contributed by atoms with E-state index in [4.69, 9.17) is 14.6 Å². The minimum absolute atomic E-state index is 0.0312. The van der Waals surface area contributed by atoms with E-state index < -0.39 is 49.4 Å². The third-order valence-corrected chi connectivity index (χ3v) is 7.09. The number of carbonyl (C=O) groups is 4. The van der Waals surface area contributed by atoms with Crippen molar-refractivity contribution in [3.8, 4) is 0 Å². The van der Waals surface area contributed by atoms with Gasteiger partial charge in [-0.05, 0) is 52.4 Å². The molecule has 15 heteroatoms. The standard InChI is InChI=1S/C28H46N4O11/c1-16(7-11-33)13-21(35)29-9-3-5-18-26(40)32-19(27(41)31-18)6-4-10-30-22(36)14-17(2)8-12-42-28-25(39)24(38)23(37)20(15-34)43-28/h13-14,18-20,23-25,28,33-34,37-39H,3-12,15H2,1-2H3,(H,29,35)(H,30,36)(H,31,41)(H,32,40)/b16-13+,17-14+/t18-,19+,20-,23+,24+,25+,28-/m0/s1. The Morgan fingerprint density at radius 3 is 1.84 bits per heavy atom. The largest absolute Gasteiger partial charge is 0.396 e. The van der Waals surface area contributed by atoms with Gasteiger partial charge in [-0.25, -0.2) is 0 Å². The smallest absolute Gasteiger partial charge is 0.243 e. The SMILES string of the molecule is C/C(=C\C(=O)NCCC[C@@H]1NC(=O)[C@@H](CCCNC(=O)/C=C(\C)CCO[C@H]2O[C@@H](CO)[C@@H](O)[C@@H](O)[C@H]2O)NC1=O)CCO. The molecule has 0 aliphatic carbocycles. The Kier molecular flexibility index (Phi) is 15.8. The molecule has 2 fully saturated rings. The average molecular weight is 615 g/mol. The highest BCUT2D eigenvalue weighted by molar-refractivity contribution is 5.96. The molecule has 0 aromatic carbocycles. The highest BCUT2D eigenvalue weighted by atomic mass is 16.7. The summed E-state index contributed by atoms with van der Waals surface area (Å²) >= 11 is 0. The Labute approximate surface area is 250 Å². The highest BCUT2D eigenvalue weighted by Crippen LogP contribution is 2.22. The molecule has 0 unspecified atom stereocenters. The molecule has 0 radical (unpaired) electrons. The van der Waals surface area contributed by atoms with Gasteiger partial charge in [-0.15, -0.1) is 0 Å². The van der Waals surface area contributed by atoms with E-state index in [1.54, 1.807) is 13.8 Å². The minimum Gasteiger partial charge on any atom is -0.396 e. The second-order valence-electron chi connectivity index (χ2n) is 10.8. The fourth-order valence-electron chi connectivity index (χ4n) is 4.53. The van der Waals surface area contributed by atoms with Crippen molar-refractivity contribution in [1.82, 2.24) is 21.3 Å². The molecule has 2 aliphatic rings. The van der Waals surface area contributed by atoms with Gasteiger partial charge in [0, 0.05) is 31.8 Å². The van der Waals surface area contributed by atoms with Crippen LogP contribution in [0.3, 0.4) is 0 Å². The molecule has 4 amide bonds. The lowest BCUT2D eigenvalue weighted by atomic mass is 9.99. The molecule has 0 spiro atoms. The van der Waals surface area contributed by atoms with Crippen LogP contribution in [0.15, 0.2) is 23.3 Å². The first kappa shape index (κ1) is 36.3. The maximum atomic E-state index is 12.5. The number of aliphatic hydroxyl groups excluding tert-OH is 5. The summed E-state index contributed by atoms with van der Waals surface area (Å²) in [5.74, 6) is -1.24. The molecule has 0 aromatic rings. The van der Waals surface area contributed by atoms with Crippen molar-refractivity contribution in [1.29, 1.82) is 0 Å². The fraction of sp³-hybridized carbons (Fsp3) is 0.714. The Morgan fingerprint density at radius 1 is 0.837 bits per heavy atom. The summed E-state index contributed by atoms with van der Waals surface area (Å²) in [5.41, 5.74) is 1.43. The number of piperazine rings is 1. The van der Waals surface area contributed by atoms with E-state index in [0.29, 0.717) is 50.6 Å². The van der Waals surface area contributed by atoms with Crippen LogP contribution in [-0.4, -0.2) is 125 Å². The molecular weight excluding hydrogens is 568 g/mol. The second-order valence-corrected chi connectivity index (χ2v) is 10.8. The van der Waals surface area contributed by atoms with Crippen molar-refractivity contribution in [3.05, 3.63) is 23.3 Å².